The third-order valence-corrected chi connectivity index (χ3v) is 4.10. The van der Waals surface area contributed by atoms with Gasteiger partial charge in [-0.25, -0.2) is 4.98 Å². The molecule has 0 unspecified atom stereocenters. The van der Waals surface area contributed by atoms with Crippen LogP contribution in [0.3, 0.4) is 0 Å². The van der Waals surface area contributed by atoms with E-state index in [-0.39, 0.29) is 0 Å². The largest absolute Gasteiger partial charge is 0.383 e. The molecule has 5 heteroatoms. The first kappa shape index (κ1) is 16.4. The molecule has 0 aliphatic rings. The molecule has 1 rings (SSSR count). The molecular weight excluding hydrogens is 258 g/mol. The van der Waals surface area contributed by atoms with Gasteiger partial charge in [-0.1, -0.05) is 20.8 Å². The highest BCUT2D eigenvalue weighted by molar-refractivity contribution is 7.15. The normalized spacial score (nSPS) is 11.3. The number of hydrogen-bond acceptors (Lipinski definition) is 5. The van der Waals surface area contributed by atoms with Gasteiger partial charge in [-0.15, -0.1) is 11.3 Å². The molecule has 0 spiro atoms. The van der Waals surface area contributed by atoms with E-state index in [2.05, 4.69) is 38.0 Å². The quantitative estimate of drug-likeness (QED) is 0.708. The third kappa shape index (κ3) is 5.09. The van der Waals surface area contributed by atoms with Crippen molar-refractivity contribution in [1.29, 1.82) is 0 Å². The Hall–Kier alpha value is -0.650. The molecule has 0 amide bonds. The first-order valence-corrected chi connectivity index (χ1v) is 7.82. The molecular formula is C14H27N3OS. The summed E-state index contributed by atoms with van der Waals surface area (Å²) in [6.45, 7) is 10.2. The lowest BCUT2D eigenvalue weighted by atomic mass is 10.1. The Balaban J connectivity index is 2.71. The average Bonchev–Trinajstić information content (AvgIpc) is 2.79. The summed E-state index contributed by atoms with van der Waals surface area (Å²) in [5, 5.41) is 4.54. The summed E-state index contributed by atoms with van der Waals surface area (Å²) in [5.74, 6) is 0.472. The van der Waals surface area contributed by atoms with Crippen molar-refractivity contribution in [3.8, 4) is 0 Å². The molecule has 0 saturated carbocycles. The number of thiazole rings is 1. The number of nitrogens with one attached hydrogen (secondary N) is 1. The Labute approximate surface area is 121 Å². The van der Waals surface area contributed by atoms with E-state index in [1.54, 1.807) is 18.4 Å². The Bertz CT molecular complexity index is 366. The van der Waals surface area contributed by atoms with E-state index >= 15 is 0 Å². The van der Waals surface area contributed by atoms with Crippen molar-refractivity contribution in [2.24, 2.45) is 0 Å². The van der Waals surface area contributed by atoms with Crippen LogP contribution in [0.5, 0.6) is 0 Å². The van der Waals surface area contributed by atoms with Crippen LogP contribution < -0.4 is 10.2 Å². The fourth-order valence-corrected chi connectivity index (χ4v) is 3.07. The lowest BCUT2D eigenvalue weighted by molar-refractivity contribution is 0.199. The molecule has 4 nitrogen and oxygen atoms in total. The van der Waals surface area contributed by atoms with Crippen LogP contribution >= 0.6 is 11.3 Å². The molecule has 0 saturated heterocycles. The van der Waals surface area contributed by atoms with Crippen LogP contribution in [0.1, 0.15) is 43.7 Å². The van der Waals surface area contributed by atoms with Crippen LogP contribution in [-0.2, 0) is 11.3 Å². The number of rotatable bonds is 9. The summed E-state index contributed by atoms with van der Waals surface area (Å²) in [6.07, 6.45) is 1.15. The summed E-state index contributed by atoms with van der Waals surface area (Å²) in [4.78, 5) is 8.40. The van der Waals surface area contributed by atoms with E-state index in [4.69, 9.17) is 9.72 Å². The Morgan fingerprint density at radius 2 is 2.16 bits per heavy atom. The van der Waals surface area contributed by atoms with Gasteiger partial charge in [-0.3, -0.25) is 0 Å². The highest BCUT2D eigenvalue weighted by Crippen LogP contribution is 2.30. The van der Waals surface area contributed by atoms with Gasteiger partial charge in [0.05, 0.1) is 12.3 Å². The molecule has 0 aliphatic carbocycles. The second-order valence-corrected chi connectivity index (χ2v) is 6.11. The monoisotopic (exact) mass is 285 g/mol. The molecule has 19 heavy (non-hydrogen) atoms. The fraction of sp³-hybridized carbons (Fsp3) is 0.786. The number of nitrogens with zero attached hydrogens (tertiary/aromatic N) is 2. The molecule has 0 aromatic carbocycles. The molecule has 1 aromatic heterocycles. The molecule has 0 aliphatic heterocycles. The molecule has 0 fully saturated rings. The minimum Gasteiger partial charge on any atom is -0.383 e. The Morgan fingerprint density at radius 3 is 2.74 bits per heavy atom. The molecule has 1 aromatic rings. The standard InChI is InChI=1S/C14H27N3OS/c1-6-8-17(4)14-16-13(11(2)3)12(19-14)10-15-7-9-18-5/h11,15H,6-10H2,1-5H3. The van der Waals surface area contributed by atoms with Gasteiger partial charge in [-0.05, 0) is 12.3 Å². The van der Waals surface area contributed by atoms with E-state index in [9.17, 15) is 0 Å². The number of anilines is 1. The van der Waals surface area contributed by atoms with Crippen molar-refractivity contribution in [2.75, 3.05) is 38.8 Å². The van der Waals surface area contributed by atoms with Gasteiger partial charge in [0.15, 0.2) is 5.13 Å². The maximum absolute atomic E-state index is 5.05. The number of hydrogen-bond donors (Lipinski definition) is 1. The van der Waals surface area contributed by atoms with Gasteiger partial charge in [0, 0.05) is 38.7 Å². The predicted octanol–water partition coefficient (Wildman–Crippen LogP) is 2.85. The first-order chi connectivity index (χ1) is 9.10. The topological polar surface area (TPSA) is 37.4 Å². The Kier molecular flexibility index (Phi) is 7.34. The molecule has 0 bridgehead atoms. The van der Waals surface area contributed by atoms with Crippen molar-refractivity contribution in [1.82, 2.24) is 10.3 Å². The zero-order chi connectivity index (χ0) is 14.3. The van der Waals surface area contributed by atoms with E-state index < -0.39 is 0 Å². The summed E-state index contributed by atoms with van der Waals surface area (Å²) in [7, 11) is 3.85. The van der Waals surface area contributed by atoms with E-state index in [0.29, 0.717) is 5.92 Å². The highest BCUT2D eigenvalue weighted by atomic mass is 32.1. The highest BCUT2D eigenvalue weighted by Gasteiger charge is 2.15. The Morgan fingerprint density at radius 1 is 1.42 bits per heavy atom. The van der Waals surface area contributed by atoms with Crippen LogP contribution in [0.4, 0.5) is 5.13 Å². The predicted molar refractivity (Wildman–Crippen MR) is 83.3 cm³/mol. The number of ether oxygens (including phenoxy) is 1. The number of aromatic nitrogens is 1. The minimum absolute atomic E-state index is 0.472. The summed E-state index contributed by atoms with van der Waals surface area (Å²) < 4.78 is 5.05. The van der Waals surface area contributed by atoms with Gasteiger partial charge in [0.1, 0.15) is 0 Å². The van der Waals surface area contributed by atoms with E-state index in [1.165, 1.54) is 10.6 Å². The molecule has 110 valence electrons. The van der Waals surface area contributed by atoms with Crippen molar-refractivity contribution in [3.63, 3.8) is 0 Å². The maximum atomic E-state index is 5.05. The summed E-state index contributed by atoms with van der Waals surface area (Å²) >= 11 is 1.81. The van der Waals surface area contributed by atoms with Gasteiger partial charge in [0.25, 0.3) is 0 Å². The van der Waals surface area contributed by atoms with Crippen LogP contribution in [0, 0.1) is 0 Å². The van der Waals surface area contributed by atoms with Gasteiger partial charge in [0.2, 0.25) is 0 Å². The van der Waals surface area contributed by atoms with Crippen molar-refractivity contribution in [2.45, 2.75) is 39.7 Å². The molecule has 1 N–H and O–H groups in total. The molecule has 0 radical (unpaired) electrons. The van der Waals surface area contributed by atoms with E-state index in [0.717, 1.165) is 37.8 Å². The molecule has 1 heterocycles. The van der Waals surface area contributed by atoms with Crippen LogP contribution in [0.25, 0.3) is 0 Å². The van der Waals surface area contributed by atoms with Crippen molar-refractivity contribution < 1.29 is 4.74 Å². The maximum Gasteiger partial charge on any atom is 0.185 e. The first-order valence-electron chi connectivity index (χ1n) is 7.00. The zero-order valence-electron chi connectivity index (χ0n) is 12.8. The SMILES string of the molecule is CCCN(C)c1nc(C(C)C)c(CNCCOC)s1. The average molecular weight is 285 g/mol. The van der Waals surface area contributed by atoms with Crippen molar-refractivity contribution >= 4 is 16.5 Å². The molecule has 0 atom stereocenters. The van der Waals surface area contributed by atoms with Crippen LogP contribution in [-0.4, -0.2) is 38.8 Å². The summed E-state index contributed by atoms with van der Waals surface area (Å²) in [6, 6.07) is 0. The van der Waals surface area contributed by atoms with Gasteiger partial charge >= 0.3 is 0 Å². The fourth-order valence-electron chi connectivity index (χ4n) is 1.90. The van der Waals surface area contributed by atoms with Crippen molar-refractivity contribution in [3.05, 3.63) is 10.6 Å². The zero-order valence-corrected chi connectivity index (χ0v) is 13.6. The van der Waals surface area contributed by atoms with Crippen LogP contribution in [0.2, 0.25) is 0 Å². The second kappa shape index (κ2) is 8.51. The summed E-state index contributed by atoms with van der Waals surface area (Å²) in [5.41, 5.74) is 1.23. The van der Waals surface area contributed by atoms with Gasteiger partial charge < -0.3 is 15.0 Å². The van der Waals surface area contributed by atoms with Gasteiger partial charge in [-0.2, -0.15) is 0 Å². The van der Waals surface area contributed by atoms with Crippen LogP contribution in [0.15, 0.2) is 0 Å². The second-order valence-electron chi connectivity index (χ2n) is 5.05. The number of methoxy groups -OCH3 is 1. The third-order valence-electron chi connectivity index (χ3n) is 2.92. The lowest BCUT2D eigenvalue weighted by Crippen LogP contribution is -2.18. The van der Waals surface area contributed by atoms with E-state index in [1.807, 2.05) is 0 Å². The lowest BCUT2D eigenvalue weighted by Gasteiger charge is -2.13. The smallest absolute Gasteiger partial charge is 0.185 e. The minimum atomic E-state index is 0.472.